The second-order valence-electron chi connectivity index (χ2n) is 6.06. The van der Waals surface area contributed by atoms with Crippen LogP contribution in [0.25, 0.3) is 10.8 Å². The van der Waals surface area contributed by atoms with Crippen molar-refractivity contribution in [2.75, 3.05) is 11.9 Å². The van der Waals surface area contributed by atoms with Crippen molar-refractivity contribution in [2.24, 2.45) is 0 Å². The Morgan fingerprint density at radius 1 is 0.778 bits per heavy atom. The predicted octanol–water partition coefficient (Wildman–Crippen LogP) is 3.98. The molecule has 0 aliphatic carbocycles. The van der Waals surface area contributed by atoms with Crippen LogP contribution >= 0.6 is 0 Å². The third kappa shape index (κ3) is 5.25. The molecular formula is C22H19NO4. The van der Waals surface area contributed by atoms with Crippen LogP contribution in [0.4, 0.5) is 5.69 Å². The van der Waals surface area contributed by atoms with Crippen molar-refractivity contribution in [3.8, 4) is 0 Å². The number of esters is 1. The van der Waals surface area contributed by atoms with Crippen LogP contribution in [0.15, 0.2) is 72.8 Å². The number of anilines is 1. The molecule has 5 nitrogen and oxygen atoms in total. The summed E-state index contributed by atoms with van der Waals surface area (Å²) >= 11 is 0. The molecule has 3 rings (SSSR count). The van der Waals surface area contributed by atoms with Crippen LogP contribution in [0.3, 0.4) is 0 Å². The molecule has 0 bridgehead atoms. The van der Waals surface area contributed by atoms with Gasteiger partial charge in [-0.25, -0.2) is 0 Å². The van der Waals surface area contributed by atoms with E-state index in [0.717, 1.165) is 10.8 Å². The highest BCUT2D eigenvalue weighted by molar-refractivity contribution is 6.01. The quantitative estimate of drug-likeness (QED) is 0.510. The zero-order valence-corrected chi connectivity index (χ0v) is 14.7. The number of rotatable bonds is 7. The molecule has 0 aromatic heterocycles. The number of Topliss-reactive ketones (excluding diaryl/α,β-unsaturated/α-hetero) is 1. The highest BCUT2D eigenvalue weighted by Gasteiger charge is 2.12. The average molecular weight is 361 g/mol. The summed E-state index contributed by atoms with van der Waals surface area (Å²) in [4.78, 5) is 35.8. The summed E-state index contributed by atoms with van der Waals surface area (Å²) in [5.74, 6) is -1.13. The maximum atomic E-state index is 12.2. The van der Waals surface area contributed by atoms with E-state index in [1.54, 1.807) is 24.3 Å². The first kappa shape index (κ1) is 18.3. The van der Waals surface area contributed by atoms with Crippen LogP contribution in [0.5, 0.6) is 0 Å². The van der Waals surface area contributed by atoms with E-state index in [1.807, 2.05) is 48.5 Å². The number of carbonyl (C=O) groups excluding carboxylic acids is 3. The number of nitrogens with one attached hydrogen (secondary N) is 1. The summed E-state index contributed by atoms with van der Waals surface area (Å²) in [5, 5.41) is 4.68. The Hall–Kier alpha value is -3.47. The molecule has 0 saturated heterocycles. The molecule has 3 aromatic carbocycles. The first-order valence-electron chi connectivity index (χ1n) is 8.64. The number of ketones is 1. The van der Waals surface area contributed by atoms with Crippen molar-refractivity contribution in [1.82, 2.24) is 0 Å². The molecule has 0 aliphatic rings. The number of carbonyl (C=O) groups is 3. The fraction of sp³-hybridized carbons (Fsp3) is 0.136. The van der Waals surface area contributed by atoms with Gasteiger partial charge in [0.25, 0.3) is 0 Å². The maximum absolute atomic E-state index is 12.2. The van der Waals surface area contributed by atoms with E-state index in [0.29, 0.717) is 11.3 Å². The Bertz CT molecular complexity index is 966. The summed E-state index contributed by atoms with van der Waals surface area (Å²) in [6.45, 7) is -0.336. The average Bonchev–Trinajstić information content (AvgIpc) is 2.71. The number of fused-ring (bicyclic) bond motifs is 1. The van der Waals surface area contributed by atoms with Gasteiger partial charge >= 0.3 is 5.97 Å². The molecule has 1 N–H and O–H groups in total. The number of amides is 1. The molecule has 3 aromatic rings. The van der Waals surface area contributed by atoms with Crippen molar-refractivity contribution in [3.63, 3.8) is 0 Å². The van der Waals surface area contributed by atoms with Gasteiger partial charge in [0.1, 0.15) is 0 Å². The number of hydrogen-bond acceptors (Lipinski definition) is 4. The monoisotopic (exact) mass is 361 g/mol. The molecular weight excluding hydrogens is 342 g/mol. The summed E-state index contributed by atoms with van der Waals surface area (Å²) < 4.78 is 5.00. The molecule has 0 atom stereocenters. The van der Waals surface area contributed by atoms with Gasteiger partial charge in [-0.1, -0.05) is 54.6 Å². The summed E-state index contributed by atoms with van der Waals surface area (Å²) in [5.41, 5.74) is 1.16. The van der Waals surface area contributed by atoms with Gasteiger partial charge in [-0.3, -0.25) is 14.4 Å². The van der Waals surface area contributed by atoms with Crippen LogP contribution in [-0.4, -0.2) is 24.3 Å². The van der Waals surface area contributed by atoms with Crippen LogP contribution in [-0.2, 0) is 14.3 Å². The van der Waals surface area contributed by atoms with Gasteiger partial charge in [-0.2, -0.15) is 0 Å². The first-order valence-corrected chi connectivity index (χ1v) is 8.64. The lowest BCUT2D eigenvalue weighted by Crippen LogP contribution is -2.17. The number of benzene rings is 3. The van der Waals surface area contributed by atoms with Gasteiger partial charge in [0.15, 0.2) is 12.4 Å². The standard InChI is InChI=1S/C22H19NO4/c24-20(18-11-10-16-6-4-5-7-17(16)14-18)15-27-22(26)13-12-21(25)23-19-8-2-1-3-9-19/h1-11,14H,12-13,15H2,(H,23,25). The smallest absolute Gasteiger partial charge is 0.306 e. The normalized spacial score (nSPS) is 10.4. The minimum atomic E-state index is -0.577. The van der Waals surface area contributed by atoms with Crippen LogP contribution in [0, 0.1) is 0 Å². The van der Waals surface area contributed by atoms with Crippen molar-refractivity contribution in [1.29, 1.82) is 0 Å². The Kier molecular flexibility index (Phi) is 5.94. The van der Waals surface area contributed by atoms with E-state index in [1.165, 1.54) is 0 Å². The van der Waals surface area contributed by atoms with E-state index in [9.17, 15) is 14.4 Å². The van der Waals surface area contributed by atoms with Gasteiger partial charge in [0, 0.05) is 17.7 Å². The summed E-state index contributed by atoms with van der Waals surface area (Å²) in [6.07, 6.45) is -0.0818. The molecule has 27 heavy (non-hydrogen) atoms. The molecule has 0 aliphatic heterocycles. The van der Waals surface area contributed by atoms with E-state index >= 15 is 0 Å². The summed E-state index contributed by atoms with van der Waals surface area (Å²) in [7, 11) is 0. The molecule has 0 spiro atoms. The van der Waals surface area contributed by atoms with Crippen molar-refractivity contribution in [2.45, 2.75) is 12.8 Å². The molecule has 0 fully saturated rings. The Labute approximate surface area is 157 Å². The van der Waals surface area contributed by atoms with Crippen molar-refractivity contribution in [3.05, 3.63) is 78.4 Å². The maximum Gasteiger partial charge on any atom is 0.306 e. The second-order valence-corrected chi connectivity index (χ2v) is 6.06. The third-order valence-corrected chi connectivity index (χ3v) is 4.05. The van der Waals surface area contributed by atoms with Gasteiger partial charge < -0.3 is 10.1 Å². The molecule has 0 heterocycles. The third-order valence-electron chi connectivity index (χ3n) is 4.05. The number of ether oxygens (including phenoxy) is 1. The van der Waals surface area contributed by atoms with E-state index in [2.05, 4.69) is 5.32 Å². The van der Waals surface area contributed by atoms with E-state index < -0.39 is 5.97 Å². The van der Waals surface area contributed by atoms with Crippen LogP contribution in [0.1, 0.15) is 23.2 Å². The molecule has 1 amide bonds. The highest BCUT2D eigenvalue weighted by Crippen LogP contribution is 2.16. The topological polar surface area (TPSA) is 72.5 Å². The lowest BCUT2D eigenvalue weighted by molar-refractivity contribution is -0.143. The van der Waals surface area contributed by atoms with Crippen molar-refractivity contribution >= 4 is 34.1 Å². The van der Waals surface area contributed by atoms with Crippen molar-refractivity contribution < 1.29 is 19.1 Å². The minimum absolute atomic E-state index is 0.00209. The van der Waals surface area contributed by atoms with Gasteiger partial charge in [-0.15, -0.1) is 0 Å². The Morgan fingerprint density at radius 2 is 1.48 bits per heavy atom. The molecule has 0 radical (unpaired) electrons. The molecule has 0 saturated carbocycles. The van der Waals surface area contributed by atoms with E-state index in [4.69, 9.17) is 4.74 Å². The van der Waals surface area contributed by atoms with Gasteiger partial charge in [0.2, 0.25) is 5.91 Å². The molecule has 0 unspecified atom stereocenters. The van der Waals surface area contributed by atoms with Gasteiger partial charge in [0.05, 0.1) is 6.42 Å². The zero-order chi connectivity index (χ0) is 19.1. The fourth-order valence-electron chi connectivity index (χ4n) is 2.62. The number of para-hydroxylation sites is 1. The second kappa shape index (κ2) is 8.76. The highest BCUT2D eigenvalue weighted by atomic mass is 16.5. The minimum Gasteiger partial charge on any atom is -0.457 e. The lowest BCUT2D eigenvalue weighted by Gasteiger charge is -2.06. The Morgan fingerprint density at radius 3 is 2.26 bits per heavy atom. The zero-order valence-electron chi connectivity index (χ0n) is 14.7. The van der Waals surface area contributed by atoms with Gasteiger partial charge in [-0.05, 0) is 29.0 Å². The van der Waals surface area contributed by atoms with Crippen LogP contribution in [0.2, 0.25) is 0 Å². The fourth-order valence-corrected chi connectivity index (χ4v) is 2.62. The molecule has 5 heteroatoms. The lowest BCUT2D eigenvalue weighted by atomic mass is 10.0. The first-order chi connectivity index (χ1) is 13.1. The molecule has 136 valence electrons. The predicted molar refractivity (Wildman–Crippen MR) is 104 cm³/mol. The van der Waals surface area contributed by atoms with E-state index in [-0.39, 0.29) is 31.1 Å². The SMILES string of the molecule is O=C(CCC(=O)OCC(=O)c1ccc2ccccc2c1)Nc1ccccc1. The van der Waals surface area contributed by atoms with Crippen LogP contribution < -0.4 is 5.32 Å². The summed E-state index contributed by atoms with van der Waals surface area (Å²) in [6, 6.07) is 22.0. The largest absolute Gasteiger partial charge is 0.457 e. The number of hydrogen-bond donors (Lipinski definition) is 1. The Balaban J connectivity index is 1.45.